The Morgan fingerprint density at radius 1 is 1.22 bits per heavy atom. The molecule has 0 aliphatic carbocycles. The maximum atomic E-state index is 12.1. The van der Waals surface area contributed by atoms with Crippen LogP contribution in [0, 0.1) is 13.8 Å². The van der Waals surface area contributed by atoms with E-state index in [1.54, 1.807) is 6.07 Å². The fourth-order valence-corrected chi connectivity index (χ4v) is 2.06. The summed E-state index contributed by atoms with van der Waals surface area (Å²) in [4.78, 5) is 16.3. The Bertz CT molecular complexity index is 593. The standard InChI is InChI=1S/C15H14ClNO/c1-10-6-7-12(13(16)8-10)9-15(18)14-5-3-4-11(2)17-14/h3-8H,9H2,1-2H3. The molecular weight excluding hydrogens is 246 g/mol. The number of pyridine rings is 1. The van der Waals surface area contributed by atoms with E-state index >= 15 is 0 Å². The van der Waals surface area contributed by atoms with Crippen molar-refractivity contribution in [1.82, 2.24) is 4.98 Å². The van der Waals surface area contributed by atoms with E-state index in [4.69, 9.17) is 11.6 Å². The van der Waals surface area contributed by atoms with Gasteiger partial charge in [-0.2, -0.15) is 0 Å². The summed E-state index contributed by atoms with van der Waals surface area (Å²) in [6, 6.07) is 11.2. The van der Waals surface area contributed by atoms with Gasteiger partial charge in [-0.1, -0.05) is 29.8 Å². The van der Waals surface area contributed by atoms with Gasteiger partial charge >= 0.3 is 0 Å². The van der Waals surface area contributed by atoms with E-state index in [1.807, 2.05) is 44.2 Å². The number of hydrogen-bond acceptors (Lipinski definition) is 2. The highest BCUT2D eigenvalue weighted by molar-refractivity contribution is 6.31. The number of nitrogens with zero attached hydrogens (tertiary/aromatic N) is 1. The molecule has 92 valence electrons. The highest BCUT2D eigenvalue weighted by Crippen LogP contribution is 2.19. The Hall–Kier alpha value is -1.67. The van der Waals surface area contributed by atoms with Gasteiger partial charge in [0.25, 0.3) is 0 Å². The van der Waals surface area contributed by atoms with Crippen LogP contribution in [0.2, 0.25) is 5.02 Å². The maximum Gasteiger partial charge on any atom is 0.185 e. The van der Waals surface area contributed by atoms with Gasteiger partial charge < -0.3 is 0 Å². The molecule has 1 heterocycles. The number of benzene rings is 1. The number of hydrogen-bond donors (Lipinski definition) is 0. The van der Waals surface area contributed by atoms with Crippen molar-refractivity contribution in [2.45, 2.75) is 20.3 Å². The molecule has 1 aromatic heterocycles. The molecule has 0 saturated heterocycles. The van der Waals surface area contributed by atoms with E-state index in [1.165, 1.54) is 0 Å². The molecule has 0 bridgehead atoms. The Kier molecular flexibility index (Phi) is 3.78. The monoisotopic (exact) mass is 259 g/mol. The van der Waals surface area contributed by atoms with Crippen LogP contribution in [0.1, 0.15) is 27.3 Å². The van der Waals surface area contributed by atoms with Crippen LogP contribution in [0.25, 0.3) is 0 Å². The van der Waals surface area contributed by atoms with Gasteiger partial charge in [0.05, 0.1) is 0 Å². The van der Waals surface area contributed by atoms with Crippen LogP contribution >= 0.6 is 11.6 Å². The number of aryl methyl sites for hydroxylation is 2. The summed E-state index contributed by atoms with van der Waals surface area (Å²) in [6.45, 7) is 3.84. The molecule has 2 aromatic rings. The van der Waals surface area contributed by atoms with Gasteiger partial charge in [-0.15, -0.1) is 0 Å². The minimum atomic E-state index is -0.00977. The van der Waals surface area contributed by atoms with Crippen molar-refractivity contribution >= 4 is 17.4 Å². The van der Waals surface area contributed by atoms with Crippen molar-refractivity contribution in [1.29, 1.82) is 0 Å². The van der Waals surface area contributed by atoms with Crippen molar-refractivity contribution < 1.29 is 4.79 Å². The lowest BCUT2D eigenvalue weighted by molar-refractivity contribution is 0.0988. The van der Waals surface area contributed by atoms with Crippen LogP contribution in [-0.4, -0.2) is 10.8 Å². The third-order valence-electron chi connectivity index (χ3n) is 2.73. The fourth-order valence-electron chi connectivity index (χ4n) is 1.76. The Labute approximate surface area is 112 Å². The summed E-state index contributed by atoms with van der Waals surface area (Å²) >= 11 is 6.12. The lowest BCUT2D eigenvalue weighted by Crippen LogP contribution is -2.07. The number of halogens is 1. The number of carbonyl (C=O) groups excluding carboxylic acids is 1. The van der Waals surface area contributed by atoms with Gasteiger partial charge in [-0.3, -0.25) is 9.78 Å². The van der Waals surface area contributed by atoms with Gasteiger partial charge in [0, 0.05) is 17.1 Å². The van der Waals surface area contributed by atoms with Crippen molar-refractivity contribution in [3.05, 3.63) is 63.9 Å². The normalized spacial score (nSPS) is 10.4. The van der Waals surface area contributed by atoms with Gasteiger partial charge in [-0.05, 0) is 43.2 Å². The second-order valence-electron chi connectivity index (χ2n) is 4.36. The van der Waals surface area contributed by atoms with Gasteiger partial charge in [0.2, 0.25) is 0 Å². The number of Topliss-reactive ketones (excluding diaryl/α,β-unsaturated/α-hetero) is 1. The average Bonchev–Trinajstić information content (AvgIpc) is 2.32. The lowest BCUT2D eigenvalue weighted by Gasteiger charge is -2.05. The summed E-state index contributed by atoms with van der Waals surface area (Å²) in [5, 5.41) is 0.635. The predicted molar refractivity (Wildman–Crippen MR) is 73.2 cm³/mol. The first-order chi connectivity index (χ1) is 8.56. The molecule has 0 N–H and O–H groups in total. The van der Waals surface area contributed by atoms with Gasteiger partial charge in [0.1, 0.15) is 5.69 Å². The first-order valence-corrected chi connectivity index (χ1v) is 6.16. The zero-order valence-corrected chi connectivity index (χ0v) is 11.2. The summed E-state index contributed by atoms with van der Waals surface area (Å²) < 4.78 is 0. The van der Waals surface area contributed by atoms with Crippen LogP contribution in [-0.2, 0) is 6.42 Å². The van der Waals surface area contributed by atoms with E-state index < -0.39 is 0 Å². The van der Waals surface area contributed by atoms with E-state index in [0.717, 1.165) is 16.8 Å². The van der Waals surface area contributed by atoms with Crippen molar-refractivity contribution in [2.75, 3.05) is 0 Å². The number of rotatable bonds is 3. The van der Waals surface area contributed by atoms with E-state index in [9.17, 15) is 4.79 Å². The molecule has 0 unspecified atom stereocenters. The molecule has 0 spiro atoms. The van der Waals surface area contributed by atoms with Crippen molar-refractivity contribution in [3.63, 3.8) is 0 Å². The van der Waals surface area contributed by atoms with Gasteiger partial charge in [-0.25, -0.2) is 0 Å². The van der Waals surface area contributed by atoms with Crippen molar-refractivity contribution in [3.8, 4) is 0 Å². The van der Waals surface area contributed by atoms with Crippen LogP contribution in [0.15, 0.2) is 36.4 Å². The van der Waals surface area contributed by atoms with E-state index in [0.29, 0.717) is 10.7 Å². The highest BCUT2D eigenvalue weighted by Gasteiger charge is 2.11. The Morgan fingerprint density at radius 3 is 2.67 bits per heavy atom. The third-order valence-corrected chi connectivity index (χ3v) is 3.09. The minimum Gasteiger partial charge on any atom is -0.292 e. The molecule has 1 aromatic carbocycles. The topological polar surface area (TPSA) is 30.0 Å². The molecule has 0 atom stereocenters. The second-order valence-corrected chi connectivity index (χ2v) is 4.77. The molecule has 0 amide bonds. The highest BCUT2D eigenvalue weighted by atomic mass is 35.5. The second kappa shape index (κ2) is 5.32. The minimum absolute atomic E-state index is 0.00977. The lowest BCUT2D eigenvalue weighted by atomic mass is 10.0. The van der Waals surface area contributed by atoms with Crippen LogP contribution < -0.4 is 0 Å². The molecule has 0 radical (unpaired) electrons. The SMILES string of the molecule is Cc1ccc(CC(=O)c2cccc(C)n2)c(Cl)c1. The zero-order valence-electron chi connectivity index (χ0n) is 10.4. The molecule has 2 nitrogen and oxygen atoms in total. The molecule has 0 fully saturated rings. The number of aromatic nitrogens is 1. The zero-order chi connectivity index (χ0) is 13.1. The number of carbonyl (C=O) groups is 1. The van der Waals surface area contributed by atoms with Crippen LogP contribution in [0.5, 0.6) is 0 Å². The first-order valence-electron chi connectivity index (χ1n) is 5.78. The average molecular weight is 260 g/mol. The molecule has 2 rings (SSSR count). The fraction of sp³-hybridized carbons (Fsp3) is 0.200. The molecule has 3 heteroatoms. The number of ketones is 1. The predicted octanol–water partition coefficient (Wildman–Crippen LogP) is 3.78. The van der Waals surface area contributed by atoms with Crippen molar-refractivity contribution in [2.24, 2.45) is 0 Å². The summed E-state index contributed by atoms with van der Waals surface area (Å²) in [5.41, 5.74) is 3.27. The summed E-state index contributed by atoms with van der Waals surface area (Å²) in [7, 11) is 0. The van der Waals surface area contributed by atoms with Crippen LogP contribution in [0.3, 0.4) is 0 Å². The third kappa shape index (κ3) is 2.96. The largest absolute Gasteiger partial charge is 0.292 e. The molecular formula is C15H14ClNO. The van der Waals surface area contributed by atoms with E-state index in [-0.39, 0.29) is 12.2 Å². The molecule has 0 aliphatic rings. The molecule has 0 saturated carbocycles. The quantitative estimate of drug-likeness (QED) is 0.786. The Balaban J connectivity index is 2.21. The van der Waals surface area contributed by atoms with Gasteiger partial charge in [0.15, 0.2) is 5.78 Å². The maximum absolute atomic E-state index is 12.1. The molecule has 0 aliphatic heterocycles. The first kappa shape index (κ1) is 12.8. The van der Waals surface area contributed by atoms with Crippen LogP contribution in [0.4, 0.5) is 0 Å². The summed E-state index contributed by atoms with van der Waals surface area (Å²) in [5.74, 6) is -0.00977. The smallest absolute Gasteiger partial charge is 0.185 e. The van der Waals surface area contributed by atoms with E-state index in [2.05, 4.69) is 4.98 Å². The summed E-state index contributed by atoms with van der Waals surface area (Å²) in [6.07, 6.45) is 0.287. The Morgan fingerprint density at radius 2 is 2.00 bits per heavy atom. The molecule has 18 heavy (non-hydrogen) atoms.